The zero-order chi connectivity index (χ0) is 42.7. The fourth-order valence-corrected chi connectivity index (χ4v) is 8.63. The Hall–Kier alpha value is -6.24. The van der Waals surface area contributed by atoms with Crippen LogP contribution in [0.5, 0.6) is 0 Å². The summed E-state index contributed by atoms with van der Waals surface area (Å²) in [5.41, 5.74) is 7.31. The molecule has 60 heavy (non-hydrogen) atoms. The number of ether oxygens (including phenoxy) is 1. The van der Waals surface area contributed by atoms with Crippen molar-refractivity contribution in [1.29, 1.82) is 0 Å². The largest absolute Gasteiger partial charge is 0.453 e. The van der Waals surface area contributed by atoms with Gasteiger partial charge in [-0.2, -0.15) is 0 Å². The molecule has 6 aromatic rings. The predicted molar refractivity (Wildman–Crippen MR) is 238 cm³/mol. The molecule has 0 spiro atoms. The molecule has 1 atom stereocenters. The molecule has 0 radical (unpaired) electrons. The van der Waals surface area contributed by atoms with Crippen molar-refractivity contribution in [3.63, 3.8) is 0 Å². The van der Waals surface area contributed by atoms with E-state index in [-0.39, 0.29) is 24.3 Å². The number of nitrogens with zero attached hydrogens (tertiary/aromatic N) is 4. The summed E-state index contributed by atoms with van der Waals surface area (Å²) in [6.07, 6.45) is 11.8. The first-order valence-electron chi connectivity index (χ1n) is 20.0. The molecule has 15 heteroatoms. The van der Waals surface area contributed by atoms with Gasteiger partial charge in [0, 0.05) is 49.4 Å². The van der Waals surface area contributed by atoms with E-state index in [1.54, 1.807) is 51.3 Å². The zero-order valence-electron chi connectivity index (χ0n) is 34.5. The Kier molecular flexibility index (Phi) is 17.5. The number of hydrogen-bond donors (Lipinski definition) is 4. The van der Waals surface area contributed by atoms with Gasteiger partial charge in [0.15, 0.2) is 0 Å². The first kappa shape index (κ1) is 44.9. The lowest BCUT2D eigenvalue weighted by Gasteiger charge is -2.23. The van der Waals surface area contributed by atoms with Crippen molar-refractivity contribution < 1.29 is 23.9 Å². The van der Waals surface area contributed by atoms with Gasteiger partial charge in [-0.1, -0.05) is 80.8 Å². The summed E-state index contributed by atoms with van der Waals surface area (Å²) in [4.78, 5) is 63.4. The summed E-state index contributed by atoms with van der Waals surface area (Å²) in [5.74, 6) is 6.18. The number of methoxy groups -OCH3 is 1. The standard InChI is InChI=1S/C20H12N4S2.C14H18N2O3.C8H14N2O2.C3H8/c1-3-14(18-8-22-12-24-18)4-2-13(1)17-10-26-19-15(9-25-20(17)19)5-6-16-7-21-11-23-16;1-19-14(18)15-12(11-7-3-2-4-8-11)13(17)16-9-5-6-10-16;1-7(11)9-6-8(12)10-4-2-3-5-10;1-3-2/h1-4,7-12H,(H,21,23)(H,22,24);2-4,7-8,12H,5-6,9-10H2,1H3,(H,15,18);2-6H2,1H3,(H,9,11);3H2,1-2H3. The van der Waals surface area contributed by atoms with E-state index in [4.69, 9.17) is 0 Å². The molecular weight excluding hydrogens is 797 g/mol. The van der Waals surface area contributed by atoms with Crippen molar-refractivity contribution >= 4 is 55.9 Å². The van der Waals surface area contributed by atoms with E-state index in [9.17, 15) is 19.2 Å². The van der Waals surface area contributed by atoms with Gasteiger partial charge in [-0.15, -0.1) is 22.7 Å². The predicted octanol–water partition coefficient (Wildman–Crippen LogP) is 8.01. The molecule has 4 N–H and O–H groups in total. The molecule has 314 valence electrons. The molecule has 6 heterocycles. The number of fused-ring (bicyclic) bond motifs is 1. The molecule has 0 saturated carbocycles. The van der Waals surface area contributed by atoms with Gasteiger partial charge in [-0.25, -0.2) is 14.8 Å². The highest BCUT2D eigenvalue weighted by molar-refractivity contribution is 7.27. The van der Waals surface area contributed by atoms with E-state index in [0.29, 0.717) is 0 Å². The third-order valence-electron chi connectivity index (χ3n) is 9.31. The van der Waals surface area contributed by atoms with E-state index in [0.717, 1.165) is 79.9 Å². The van der Waals surface area contributed by atoms with Gasteiger partial charge < -0.3 is 35.1 Å². The minimum Gasteiger partial charge on any atom is -0.453 e. The van der Waals surface area contributed by atoms with Crippen molar-refractivity contribution in [3.8, 4) is 34.2 Å². The van der Waals surface area contributed by atoms with Crippen LogP contribution in [0.4, 0.5) is 4.79 Å². The average Bonchev–Trinajstić information content (AvgIpc) is 4.13. The van der Waals surface area contributed by atoms with Gasteiger partial charge >= 0.3 is 6.09 Å². The van der Waals surface area contributed by atoms with Crippen molar-refractivity contribution in [1.82, 2.24) is 40.4 Å². The molecule has 13 nitrogen and oxygen atoms in total. The van der Waals surface area contributed by atoms with Gasteiger partial charge in [-0.3, -0.25) is 14.4 Å². The number of thiophene rings is 2. The number of aromatic nitrogens is 4. The van der Waals surface area contributed by atoms with Crippen molar-refractivity contribution in [2.24, 2.45) is 0 Å². The number of carbonyl (C=O) groups excluding carboxylic acids is 4. The number of hydrogen-bond acceptors (Lipinski definition) is 9. The van der Waals surface area contributed by atoms with Crippen LogP contribution < -0.4 is 10.6 Å². The first-order chi connectivity index (χ1) is 29.2. The third-order valence-corrected chi connectivity index (χ3v) is 11.5. The average molecular weight is 849 g/mol. The number of rotatable bonds is 7. The maximum Gasteiger partial charge on any atom is 0.407 e. The molecule has 8 rings (SSSR count). The van der Waals surface area contributed by atoms with E-state index in [1.807, 2.05) is 36.5 Å². The van der Waals surface area contributed by atoms with Crippen LogP contribution in [0.25, 0.3) is 31.8 Å². The number of H-pyrrole nitrogens is 2. The molecule has 4 amide bonds. The highest BCUT2D eigenvalue weighted by Crippen LogP contribution is 2.40. The van der Waals surface area contributed by atoms with Crippen LogP contribution in [0, 0.1) is 11.8 Å². The zero-order valence-corrected chi connectivity index (χ0v) is 36.1. The second-order valence-electron chi connectivity index (χ2n) is 13.9. The molecule has 2 fully saturated rings. The molecule has 2 aliphatic rings. The normalized spacial score (nSPS) is 13.3. The Morgan fingerprint density at radius 1 is 0.800 bits per heavy atom. The summed E-state index contributed by atoms with van der Waals surface area (Å²) < 4.78 is 7.13. The van der Waals surface area contributed by atoms with Crippen molar-refractivity contribution in [2.45, 2.75) is 58.9 Å². The second kappa shape index (κ2) is 23.4. The maximum absolute atomic E-state index is 12.5. The molecule has 0 bridgehead atoms. The lowest BCUT2D eigenvalue weighted by molar-refractivity contribution is -0.132. The van der Waals surface area contributed by atoms with Crippen LogP contribution in [0.1, 0.15) is 75.7 Å². The van der Waals surface area contributed by atoms with Gasteiger partial charge in [0.05, 0.1) is 59.4 Å². The number of nitrogens with one attached hydrogen (secondary N) is 4. The van der Waals surface area contributed by atoms with E-state index >= 15 is 0 Å². The number of aromatic amines is 2. The summed E-state index contributed by atoms with van der Waals surface area (Å²) in [7, 11) is 1.29. The van der Waals surface area contributed by atoms with Crippen LogP contribution in [0.3, 0.4) is 0 Å². The molecule has 2 aromatic carbocycles. The summed E-state index contributed by atoms with van der Waals surface area (Å²) in [5, 5.41) is 9.45. The highest BCUT2D eigenvalue weighted by atomic mass is 32.1. The Balaban J connectivity index is 0.000000177. The SMILES string of the molecule is C(#Cc1csc2c(-c3ccc(-c4cnc[nH]4)cc3)csc12)c1cnc[nH]1.CC(=O)NCC(=O)N1CCCC1.CCC.COC(=O)NC(C(=O)N1CCCC1)c1ccccc1. The molecule has 2 aliphatic heterocycles. The minimum absolute atomic E-state index is 0.0303. The number of benzene rings is 2. The minimum atomic E-state index is -0.674. The number of imidazole rings is 2. The first-order valence-corrected chi connectivity index (χ1v) is 21.8. The fraction of sp³-hybridized carbons (Fsp3) is 0.333. The van der Waals surface area contributed by atoms with E-state index in [2.05, 4.69) is 96.0 Å². The quantitative estimate of drug-likeness (QED) is 0.118. The highest BCUT2D eigenvalue weighted by Gasteiger charge is 2.29. The Labute approximate surface area is 359 Å². The van der Waals surface area contributed by atoms with Crippen molar-refractivity contribution in [3.05, 3.63) is 107 Å². The molecule has 2 saturated heterocycles. The molecule has 1 unspecified atom stereocenters. The smallest absolute Gasteiger partial charge is 0.407 e. The molecule has 4 aromatic heterocycles. The Morgan fingerprint density at radius 2 is 1.42 bits per heavy atom. The van der Waals surface area contributed by atoms with Gasteiger partial charge in [0.2, 0.25) is 17.7 Å². The summed E-state index contributed by atoms with van der Waals surface area (Å²) >= 11 is 3.49. The van der Waals surface area contributed by atoms with Crippen LogP contribution >= 0.6 is 22.7 Å². The van der Waals surface area contributed by atoms with Crippen LogP contribution in [0.2, 0.25) is 0 Å². The van der Waals surface area contributed by atoms with Crippen LogP contribution in [0.15, 0.2) is 90.4 Å². The van der Waals surface area contributed by atoms with Crippen molar-refractivity contribution in [2.75, 3.05) is 39.8 Å². The number of alkyl carbamates (subject to hydrolysis) is 1. The van der Waals surface area contributed by atoms with E-state index in [1.165, 1.54) is 41.0 Å². The Morgan fingerprint density at radius 3 is 2.02 bits per heavy atom. The molecule has 0 aliphatic carbocycles. The third kappa shape index (κ3) is 12.9. The van der Waals surface area contributed by atoms with Gasteiger partial charge in [0.1, 0.15) is 11.7 Å². The monoisotopic (exact) mass is 848 g/mol. The topological polar surface area (TPSA) is 165 Å². The second-order valence-corrected chi connectivity index (χ2v) is 15.7. The molecular formula is C45H52N8O5S2. The lowest BCUT2D eigenvalue weighted by Crippen LogP contribution is -2.41. The lowest BCUT2D eigenvalue weighted by atomic mass is 10.1. The maximum atomic E-state index is 12.5. The van der Waals surface area contributed by atoms with Gasteiger partial charge in [-0.05, 0) is 48.3 Å². The number of likely N-dealkylation sites (tertiary alicyclic amines) is 2. The van der Waals surface area contributed by atoms with Crippen LogP contribution in [-0.2, 0) is 19.1 Å². The van der Waals surface area contributed by atoms with Gasteiger partial charge in [0.25, 0.3) is 0 Å². The summed E-state index contributed by atoms with van der Waals surface area (Å²) in [6, 6.07) is 17.1. The van der Waals surface area contributed by atoms with Crippen LogP contribution in [-0.4, -0.2) is 93.4 Å². The number of carbonyl (C=O) groups is 4. The number of amides is 4. The Bertz CT molecular complexity index is 2300. The van der Waals surface area contributed by atoms with E-state index < -0.39 is 12.1 Å². The fourth-order valence-electron chi connectivity index (χ4n) is 6.32. The summed E-state index contributed by atoms with van der Waals surface area (Å²) in [6.45, 7) is 9.01.